The van der Waals surface area contributed by atoms with Crippen LogP contribution in [-0.2, 0) is 9.63 Å². The Bertz CT molecular complexity index is 552. The summed E-state index contributed by atoms with van der Waals surface area (Å²) in [6, 6.07) is 7.59. The maximum Gasteiger partial charge on any atom is 0.225 e. The van der Waals surface area contributed by atoms with Crippen LogP contribution < -0.4 is 0 Å². The molecule has 1 saturated carbocycles. The molecule has 1 aromatic carbocycles. The van der Waals surface area contributed by atoms with Gasteiger partial charge in [-0.1, -0.05) is 28.9 Å². The fraction of sp³-hybridized carbons (Fsp3) is 0.500. The lowest BCUT2D eigenvalue weighted by molar-refractivity contribution is -0.134. The Morgan fingerprint density at radius 3 is 2.71 bits per heavy atom. The summed E-state index contributed by atoms with van der Waals surface area (Å²) < 4.78 is 0. The highest BCUT2D eigenvalue weighted by Gasteiger charge is 2.34. The van der Waals surface area contributed by atoms with Crippen molar-refractivity contribution in [1.29, 1.82) is 0 Å². The van der Waals surface area contributed by atoms with Gasteiger partial charge < -0.3 is 9.74 Å². The van der Waals surface area contributed by atoms with Crippen LogP contribution in [0.5, 0.6) is 0 Å². The third-order valence-corrected chi connectivity index (χ3v) is 4.21. The van der Waals surface area contributed by atoms with E-state index in [-0.39, 0.29) is 17.9 Å². The minimum Gasteiger partial charge on any atom is -0.390 e. The van der Waals surface area contributed by atoms with Crippen molar-refractivity contribution in [3.8, 4) is 0 Å². The molecule has 1 heterocycles. The molecule has 0 aromatic heterocycles. The molecule has 3 rings (SSSR count). The summed E-state index contributed by atoms with van der Waals surface area (Å²) in [6.07, 6.45) is 2.76. The Kier molecular flexibility index (Phi) is 4.15. The van der Waals surface area contributed by atoms with Crippen LogP contribution >= 0.6 is 11.6 Å². The molecule has 5 heteroatoms. The second-order valence-electron chi connectivity index (χ2n) is 5.63. The molecule has 112 valence electrons. The van der Waals surface area contributed by atoms with Gasteiger partial charge in [0, 0.05) is 23.9 Å². The third-order valence-electron chi connectivity index (χ3n) is 3.95. The fourth-order valence-electron chi connectivity index (χ4n) is 2.55. The molecule has 0 bridgehead atoms. The van der Waals surface area contributed by atoms with E-state index in [0.717, 1.165) is 37.1 Å². The van der Waals surface area contributed by atoms with E-state index >= 15 is 0 Å². The van der Waals surface area contributed by atoms with Crippen molar-refractivity contribution in [2.45, 2.75) is 32.3 Å². The number of hydrogen-bond donors (Lipinski definition) is 0. The van der Waals surface area contributed by atoms with Gasteiger partial charge in [0.1, 0.15) is 0 Å². The van der Waals surface area contributed by atoms with Crippen molar-refractivity contribution >= 4 is 23.2 Å². The predicted molar refractivity (Wildman–Crippen MR) is 82.5 cm³/mol. The van der Waals surface area contributed by atoms with Crippen molar-refractivity contribution in [3.05, 3.63) is 34.9 Å². The lowest BCUT2D eigenvalue weighted by Gasteiger charge is -2.23. The first-order chi connectivity index (χ1) is 10.2. The molecular formula is C16H19ClN2O2. The van der Waals surface area contributed by atoms with Gasteiger partial charge >= 0.3 is 0 Å². The molecule has 21 heavy (non-hydrogen) atoms. The minimum atomic E-state index is -0.0432. The number of oxime groups is 1. The number of rotatable bonds is 5. The van der Waals surface area contributed by atoms with Gasteiger partial charge in [0.05, 0.1) is 12.3 Å². The quantitative estimate of drug-likeness (QED) is 0.839. The Morgan fingerprint density at radius 2 is 2.10 bits per heavy atom. The lowest BCUT2D eigenvalue weighted by Crippen LogP contribution is -2.38. The molecule has 1 fully saturated rings. The second-order valence-corrected chi connectivity index (χ2v) is 6.06. The molecule has 1 aromatic rings. The van der Waals surface area contributed by atoms with Crippen LogP contribution in [0.15, 0.2) is 29.4 Å². The van der Waals surface area contributed by atoms with Gasteiger partial charge in [-0.3, -0.25) is 4.79 Å². The lowest BCUT2D eigenvalue weighted by atomic mass is 10.0. The molecule has 1 amide bonds. The maximum atomic E-state index is 12.1. The number of carbonyl (C=O) groups excluding carboxylic acids is 1. The standard InChI is InChI=1S/C16H19ClN2O2/c1-2-19(16(20)12-3-4-12)10-14-9-15(18-21-14)11-5-7-13(17)8-6-11/h5-8,12,14H,2-4,9-10H2,1H3/t14-/m0/s1. The van der Waals surface area contributed by atoms with Crippen molar-refractivity contribution in [3.63, 3.8) is 0 Å². The summed E-state index contributed by atoms with van der Waals surface area (Å²) in [5.74, 6) is 0.518. The Labute approximate surface area is 129 Å². The molecule has 0 radical (unpaired) electrons. The van der Waals surface area contributed by atoms with Crippen LogP contribution in [0.2, 0.25) is 5.02 Å². The van der Waals surface area contributed by atoms with Gasteiger partial charge in [-0.15, -0.1) is 0 Å². The summed E-state index contributed by atoms with van der Waals surface area (Å²) in [4.78, 5) is 19.5. The SMILES string of the molecule is CCN(C[C@@H]1CC(c2ccc(Cl)cc2)=NO1)C(=O)C1CC1. The van der Waals surface area contributed by atoms with Crippen molar-refractivity contribution in [2.75, 3.05) is 13.1 Å². The summed E-state index contributed by atoms with van der Waals surface area (Å²) in [5, 5.41) is 4.87. The average molecular weight is 307 g/mol. The smallest absolute Gasteiger partial charge is 0.225 e. The fourth-order valence-corrected chi connectivity index (χ4v) is 2.67. The van der Waals surface area contributed by atoms with E-state index in [1.54, 1.807) is 0 Å². The van der Waals surface area contributed by atoms with E-state index in [2.05, 4.69) is 5.16 Å². The topological polar surface area (TPSA) is 41.9 Å². The maximum absolute atomic E-state index is 12.1. The van der Waals surface area contributed by atoms with E-state index in [0.29, 0.717) is 11.6 Å². The highest BCUT2D eigenvalue weighted by Crippen LogP contribution is 2.31. The summed E-state index contributed by atoms with van der Waals surface area (Å²) in [7, 11) is 0. The van der Waals surface area contributed by atoms with Gasteiger partial charge in [0.15, 0.2) is 6.10 Å². The van der Waals surface area contributed by atoms with Crippen molar-refractivity contribution in [2.24, 2.45) is 11.1 Å². The largest absolute Gasteiger partial charge is 0.390 e. The highest BCUT2D eigenvalue weighted by molar-refractivity contribution is 6.30. The van der Waals surface area contributed by atoms with Crippen LogP contribution in [0.3, 0.4) is 0 Å². The molecule has 4 nitrogen and oxygen atoms in total. The molecule has 1 aliphatic carbocycles. The molecule has 0 saturated heterocycles. The van der Waals surface area contributed by atoms with E-state index in [9.17, 15) is 4.79 Å². The second kappa shape index (κ2) is 6.06. The molecule has 0 unspecified atom stereocenters. The molecule has 0 spiro atoms. The molecule has 2 aliphatic rings. The van der Waals surface area contributed by atoms with Gasteiger partial charge in [-0.05, 0) is 37.5 Å². The van der Waals surface area contributed by atoms with E-state index in [4.69, 9.17) is 16.4 Å². The van der Waals surface area contributed by atoms with E-state index in [1.165, 1.54) is 0 Å². The number of hydrogen-bond acceptors (Lipinski definition) is 3. The van der Waals surface area contributed by atoms with E-state index in [1.807, 2.05) is 36.1 Å². The van der Waals surface area contributed by atoms with Gasteiger partial charge in [0.2, 0.25) is 5.91 Å². The van der Waals surface area contributed by atoms with Crippen LogP contribution in [0.4, 0.5) is 0 Å². The Hall–Kier alpha value is -1.55. The van der Waals surface area contributed by atoms with Crippen LogP contribution in [0.1, 0.15) is 31.7 Å². The number of amides is 1. The van der Waals surface area contributed by atoms with Crippen molar-refractivity contribution in [1.82, 2.24) is 4.90 Å². The van der Waals surface area contributed by atoms with Crippen LogP contribution in [0, 0.1) is 5.92 Å². The molecular weight excluding hydrogens is 288 g/mol. The predicted octanol–water partition coefficient (Wildman–Crippen LogP) is 3.09. The summed E-state index contributed by atoms with van der Waals surface area (Å²) in [5.41, 5.74) is 1.95. The van der Waals surface area contributed by atoms with Crippen LogP contribution in [0.25, 0.3) is 0 Å². The van der Waals surface area contributed by atoms with Crippen molar-refractivity contribution < 1.29 is 9.63 Å². The van der Waals surface area contributed by atoms with Gasteiger partial charge in [0.25, 0.3) is 0 Å². The molecule has 1 atom stereocenters. The average Bonchev–Trinajstić information content (AvgIpc) is 3.24. The van der Waals surface area contributed by atoms with Gasteiger partial charge in [-0.2, -0.15) is 0 Å². The first kappa shape index (κ1) is 14.4. The highest BCUT2D eigenvalue weighted by atomic mass is 35.5. The Morgan fingerprint density at radius 1 is 1.38 bits per heavy atom. The van der Waals surface area contributed by atoms with Crippen LogP contribution in [-0.4, -0.2) is 35.7 Å². The normalized spacial score (nSPS) is 20.9. The number of carbonyl (C=O) groups is 1. The first-order valence-electron chi connectivity index (χ1n) is 7.44. The van der Waals surface area contributed by atoms with Gasteiger partial charge in [-0.25, -0.2) is 0 Å². The number of likely N-dealkylation sites (N-methyl/N-ethyl adjacent to an activating group) is 1. The Balaban J connectivity index is 1.57. The zero-order valence-corrected chi connectivity index (χ0v) is 12.8. The number of halogens is 1. The minimum absolute atomic E-state index is 0.0432. The first-order valence-corrected chi connectivity index (χ1v) is 7.82. The molecule has 1 aliphatic heterocycles. The molecule has 0 N–H and O–H groups in total. The summed E-state index contributed by atoms with van der Waals surface area (Å²) in [6.45, 7) is 3.36. The zero-order valence-electron chi connectivity index (χ0n) is 12.1. The summed E-state index contributed by atoms with van der Waals surface area (Å²) >= 11 is 5.89. The number of benzene rings is 1. The zero-order chi connectivity index (χ0) is 14.8. The monoisotopic (exact) mass is 306 g/mol. The number of nitrogens with zero attached hydrogens (tertiary/aromatic N) is 2. The third kappa shape index (κ3) is 3.38. The van der Waals surface area contributed by atoms with E-state index < -0.39 is 0 Å².